The summed E-state index contributed by atoms with van der Waals surface area (Å²) in [6.45, 7) is 3.37. The number of nitrogens with zero attached hydrogens (tertiary/aromatic N) is 2. The Morgan fingerprint density at radius 1 is 1.39 bits per heavy atom. The number of carbonyl (C=O) groups excluding carboxylic acids is 1. The molecule has 0 unspecified atom stereocenters. The molecular weight excluding hydrogens is 304 g/mol. The number of nitro benzene ring substituents is 1. The molecular formula is C15H14N2O6. The van der Waals surface area contributed by atoms with Crippen molar-refractivity contribution in [3.63, 3.8) is 0 Å². The monoisotopic (exact) mass is 318 g/mol. The maximum atomic E-state index is 10.9. The summed E-state index contributed by atoms with van der Waals surface area (Å²) in [6, 6.07) is 7.55. The molecule has 2 aromatic rings. The van der Waals surface area contributed by atoms with Crippen LogP contribution in [0, 0.1) is 10.1 Å². The first-order valence-electron chi connectivity index (χ1n) is 6.73. The van der Waals surface area contributed by atoms with Crippen molar-refractivity contribution in [2.24, 2.45) is 5.16 Å². The first kappa shape index (κ1) is 16.2. The summed E-state index contributed by atoms with van der Waals surface area (Å²) in [5, 5.41) is 14.3. The van der Waals surface area contributed by atoms with Crippen LogP contribution in [0.25, 0.3) is 11.3 Å². The summed E-state index contributed by atoms with van der Waals surface area (Å²) in [7, 11) is 0. The standard InChI is InChI=1S/C15H14N2O6/c1-3-21-15-8-11(17(19)20)4-6-13(15)14-7-5-12(22-14)9-16-23-10(2)18/h4-9H,3H2,1-2H3/b16-9+. The average molecular weight is 318 g/mol. The molecule has 0 amide bonds. The summed E-state index contributed by atoms with van der Waals surface area (Å²) in [5.41, 5.74) is 0.505. The minimum absolute atomic E-state index is 0.0691. The molecule has 2 rings (SSSR count). The summed E-state index contributed by atoms with van der Waals surface area (Å²) in [5.74, 6) is 0.622. The Kier molecular flexibility index (Phi) is 5.08. The molecule has 120 valence electrons. The highest BCUT2D eigenvalue weighted by Crippen LogP contribution is 2.34. The van der Waals surface area contributed by atoms with Gasteiger partial charge in [-0.15, -0.1) is 0 Å². The summed E-state index contributed by atoms with van der Waals surface area (Å²) < 4.78 is 11.0. The van der Waals surface area contributed by atoms with Crippen LogP contribution in [0.15, 0.2) is 39.9 Å². The molecule has 0 saturated heterocycles. The smallest absolute Gasteiger partial charge is 0.331 e. The van der Waals surface area contributed by atoms with Crippen molar-refractivity contribution < 1.29 is 23.7 Å². The third-order valence-corrected chi connectivity index (χ3v) is 2.73. The first-order valence-corrected chi connectivity index (χ1v) is 6.73. The van der Waals surface area contributed by atoms with Crippen LogP contribution in [0.2, 0.25) is 0 Å². The number of rotatable bonds is 6. The van der Waals surface area contributed by atoms with Crippen molar-refractivity contribution in [3.8, 4) is 17.1 Å². The van der Waals surface area contributed by atoms with Crippen molar-refractivity contribution >= 4 is 17.9 Å². The Bertz CT molecular complexity index is 750. The molecule has 0 fully saturated rings. The zero-order valence-corrected chi connectivity index (χ0v) is 12.5. The van der Waals surface area contributed by atoms with Gasteiger partial charge in [0.15, 0.2) is 0 Å². The topological polar surface area (TPSA) is 104 Å². The lowest BCUT2D eigenvalue weighted by Crippen LogP contribution is -1.96. The normalized spacial score (nSPS) is 10.7. The molecule has 1 heterocycles. The van der Waals surface area contributed by atoms with Crippen LogP contribution in [-0.2, 0) is 9.63 Å². The lowest BCUT2D eigenvalue weighted by Gasteiger charge is -2.07. The van der Waals surface area contributed by atoms with E-state index in [1.807, 2.05) is 0 Å². The number of furan rings is 1. The first-order chi connectivity index (χ1) is 11.0. The number of oxime groups is 1. The van der Waals surface area contributed by atoms with Gasteiger partial charge in [-0.25, -0.2) is 4.79 Å². The van der Waals surface area contributed by atoms with Gasteiger partial charge in [-0.1, -0.05) is 5.16 Å². The van der Waals surface area contributed by atoms with E-state index in [4.69, 9.17) is 9.15 Å². The number of carbonyl (C=O) groups is 1. The zero-order chi connectivity index (χ0) is 16.8. The van der Waals surface area contributed by atoms with Crippen LogP contribution in [0.4, 0.5) is 5.69 Å². The molecule has 0 N–H and O–H groups in total. The maximum Gasteiger partial charge on any atom is 0.331 e. The quantitative estimate of drug-likeness (QED) is 0.351. The number of nitro groups is 1. The molecule has 0 aliphatic rings. The molecule has 0 radical (unpaired) electrons. The van der Waals surface area contributed by atoms with Crippen LogP contribution in [0.3, 0.4) is 0 Å². The number of benzene rings is 1. The Morgan fingerprint density at radius 3 is 2.83 bits per heavy atom. The zero-order valence-electron chi connectivity index (χ0n) is 12.5. The highest BCUT2D eigenvalue weighted by molar-refractivity contribution is 5.79. The molecule has 8 nitrogen and oxygen atoms in total. The van der Waals surface area contributed by atoms with Gasteiger partial charge in [0.1, 0.15) is 23.5 Å². The van der Waals surface area contributed by atoms with E-state index in [1.54, 1.807) is 25.1 Å². The molecule has 0 aliphatic carbocycles. The van der Waals surface area contributed by atoms with Crippen molar-refractivity contribution in [3.05, 3.63) is 46.2 Å². The van der Waals surface area contributed by atoms with E-state index in [0.29, 0.717) is 29.4 Å². The Labute approximate surface area is 131 Å². The van der Waals surface area contributed by atoms with E-state index in [1.165, 1.54) is 25.3 Å². The molecule has 0 saturated carbocycles. The van der Waals surface area contributed by atoms with Crippen molar-refractivity contribution in [2.75, 3.05) is 6.61 Å². The van der Waals surface area contributed by atoms with Crippen molar-refractivity contribution in [1.82, 2.24) is 0 Å². The molecule has 0 spiro atoms. The molecule has 0 bridgehead atoms. The maximum absolute atomic E-state index is 10.9. The van der Waals surface area contributed by atoms with Gasteiger partial charge in [0.05, 0.1) is 23.2 Å². The van der Waals surface area contributed by atoms with Crippen LogP contribution in [-0.4, -0.2) is 23.7 Å². The van der Waals surface area contributed by atoms with Gasteiger partial charge in [-0.2, -0.15) is 0 Å². The highest BCUT2D eigenvalue weighted by Gasteiger charge is 2.15. The van der Waals surface area contributed by atoms with Gasteiger partial charge in [0.2, 0.25) is 0 Å². The van der Waals surface area contributed by atoms with E-state index < -0.39 is 10.9 Å². The molecule has 1 aromatic heterocycles. The fourth-order valence-corrected chi connectivity index (χ4v) is 1.82. The number of non-ortho nitro benzene ring substituents is 1. The summed E-state index contributed by atoms with van der Waals surface area (Å²) >= 11 is 0. The Balaban J connectivity index is 2.30. The van der Waals surface area contributed by atoms with Gasteiger partial charge in [0.25, 0.3) is 5.69 Å². The van der Waals surface area contributed by atoms with Crippen LogP contribution in [0.1, 0.15) is 19.6 Å². The lowest BCUT2D eigenvalue weighted by atomic mass is 10.1. The second-order valence-corrected chi connectivity index (χ2v) is 4.39. The minimum atomic E-state index is -0.540. The van der Waals surface area contributed by atoms with E-state index >= 15 is 0 Å². The largest absolute Gasteiger partial charge is 0.493 e. The van der Waals surface area contributed by atoms with Gasteiger partial charge in [0, 0.05) is 13.0 Å². The second-order valence-electron chi connectivity index (χ2n) is 4.39. The van der Waals surface area contributed by atoms with Gasteiger partial charge in [-0.3, -0.25) is 10.1 Å². The Morgan fingerprint density at radius 2 is 2.17 bits per heavy atom. The summed E-state index contributed by atoms with van der Waals surface area (Å²) in [6.07, 6.45) is 1.25. The average Bonchev–Trinajstić information content (AvgIpc) is 2.95. The number of ether oxygens (including phenoxy) is 1. The molecule has 0 aliphatic heterocycles. The fraction of sp³-hybridized carbons (Fsp3) is 0.200. The molecule has 0 atom stereocenters. The minimum Gasteiger partial charge on any atom is -0.493 e. The van der Waals surface area contributed by atoms with Gasteiger partial charge >= 0.3 is 5.97 Å². The summed E-state index contributed by atoms with van der Waals surface area (Å²) in [4.78, 5) is 25.4. The number of hydrogen-bond donors (Lipinski definition) is 0. The predicted octanol–water partition coefficient (Wildman–Crippen LogP) is 3.15. The van der Waals surface area contributed by atoms with Crippen LogP contribution in [0.5, 0.6) is 5.75 Å². The predicted molar refractivity (Wildman–Crippen MR) is 81.3 cm³/mol. The van der Waals surface area contributed by atoms with Gasteiger partial charge in [-0.05, 0) is 25.1 Å². The Hall–Kier alpha value is -3.16. The lowest BCUT2D eigenvalue weighted by molar-refractivity contribution is -0.384. The van der Waals surface area contributed by atoms with Crippen LogP contribution >= 0.6 is 0 Å². The van der Waals surface area contributed by atoms with Crippen molar-refractivity contribution in [2.45, 2.75) is 13.8 Å². The highest BCUT2D eigenvalue weighted by atomic mass is 16.7. The fourth-order valence-electron chi connectivity index (χ4n) is 1.82. The van der Waals surface area contributed by atoms with E-state index in [0.717, 1.165) is 0 Å². The third-order valence-electron chi connectivity index (χ3n) is 2.73. The van der Waals surface area contributed by atoms with Crippen molar-refractivity contribution in [1.29, 1.82) is 0 Å². The van der Waals surface area contributed by atoms with E-state index in [2.05, 4.69) is 9.99 Å². The third kappa shape index (κ3) is 4.16. The molecule has 23 heavy (non-hydrogen) atoms. The second kappa shape index (κ2) is 7.21. The SMILES string of the molecule is CCOc1cc([N+](=O)[O-])ccc1-c1ccc(/C=N/OC(C)=O)o1. The molecule has 8 heteroatoms. The van der Waals surface area contributed by atoms with Crippen LogP contribution < -0.4 is 4.74 Å². The van der Waals surface area contributed by atoms with E-state index in [-0.39, 0.29) is 5.69 Å². The number of hydrogen-bond acceptors (Lipinski definition) is 7. The van der Waals surface area contributed by atoms with E-state index in [9.17, 15) is 14.9 Å². The molecule has 1 aromatic carbocycles. The van der Waals surface area contributed by atoms with Gasteiger partial charge < -0.3 is 14.0 Å².